The summed E-state index contributed by atoms with van der Waals surface area (Å²) in [5.74, 6) is 0.464. The molecule has 1 atom stereocenters. The van der Waals surface area contributed by atoms with E-state index in [1.165, 1.54) is 0 Å². The van der Waals surface area contributed by atoms with Crippen LogP contribution in [-0.2, 0) is 25.8 Å². The smallest absolute Gasteiger partial charge is 0.226 e. The number of rotatable bonds is 7. The van der Waals surface area contributed by atoms with Crippen molar-refractivity contribution in [3.05, 3.63) is 48.0 Å². The van der Waals surface area contributed by atoms with Crippen LogP contribution in [0.3, 0.4) is 0 Å². The van der Waals surface area contributed by atoms with Gasteiger partial charge in [-0.2, -0.15) is 0 Å². The van der Waals surface area contributed by atoms with Gasteiger partial charge in [-0.25, -0.2) is 8.42 Å². The average Bonchev–Trinajstić information content (AvgIpc) is 3.22. The molecule has 1 fully saturated rings. The van der Waals surface area contributed by atoms with Crippen LogP contribution in [0.1, 0.15) is 32.3 Å². The largest absolute Gasteiger partial charge is 0.497 e. The molecule has 2 aromatic carbocycles. The molecule has 0 aromatic heterocycles. The Morgan fingerprint density at radius 1 is 1.00 bits per heavy atom. The van der Waals surface area contributed by atoms with Gasteiger partial charge < -0.3 is 19.4 Å². The van der Waals surface area contributed by atoms with E-state index in [0.717, 1.165) is 22.7 Å². The highest BCUT2D eigenvalue weighted by molar-refractivity contribution is 7.91. The number of hydrogen-bond donors (Lipinski definition) is 0. The Morgan fingerprint density at radius 3 is 2.31 bits per heavy atom. The molecule has 2 amide bonds. The summed E-state index contributed by atoms with van der Waals surface area (Å²) in [5, 5.41) is 0. The summed E-state index contributed by atoms with van der Waals surface area (Å²) in [7, 11) is -1.98. The minimum atomic E-state index is -3.61. The first kappa shape index (κ1) is 25.0. The molecule has 9 heteroatoms. The van der Waals surface area contributed by atoms with Crippen LogP contribution in [-0.4, -0.2) is 70.2 Å². The molecular formula is C26H33N3O5S. The summed E-state index contributed by atoms with van der Waals surface area (Å²) >= 11 is 0. The van der Waals surface area contributed by atoms with E-state index < -0.39 is 9.84 Å². The lowest BCUT2D eigenvalue weighted by molar-refractivity contribution is -0.131. The van der Waals surface area contributed by atoms with E-state index >= 15 is 0 Å². The average molecular weight is 500 g/mol. The molecule has 8 nitrogen and oxygen atoms in total. The molecule has 0 N–H and O–H groups in total. The second-order valence-corrected chi connectivity index (χ2v) is 11.2. The number of carbonyl (C=O) groups excluding carboxylic acids is 2. The van der Waals surface area contributed by atoms with Crippen LogP contribution in [0, 0.1) is 0 Å². The van der Waals surface area contributed by atoms with Gasteiger partial charge in [0.15, 0.2) is 9.84 Å². The molecule has 0 bridgehead atoms. The van der Waals surface area contributed by atoms with Crippen LogP contribution in [0.5, 0.6) is 5.75 Å². The second kappa shape index (κ2) is 10.3. The molecule has 0 aliphatic carbocycles. The molecule has 35 heavy (non-hydrogen) atoms. The van der Waals surface area contributed by atoms with Gasteiger partial charge in [-0.05, 0) is 61.4 Å². The third-order valence-corrected chi connectivity index (χ3v) is 8.57. The number of fused-ring (bicyclic) bond motifs is 1. The fourth-order valence-electron chi connectivity index (χ4n) is 4.86. The normalized spacial score (nSPS) is 17.9. The molecule has 1 saturated heterocycles. The van der Waals surface area contributed by atoms with Gasteiger partial charge >= 0.3 is 0 Å². The zero-order valence-corrected chi connectivity index (χ0v) is 21.4. The number of hydrogen-bond acceptors (Lipinski definition) is 6. The highest BCUT2D eigenvalue weighted by Gasteiger charge is 2.31. The predicted molar refractivity (Wildman–Crippen MR) is 136 cm³/mol. The topological polar surface area (TPSA) is 87.2 Å². The Bertz CT molecular complexity index is 1190. The maximum atomic E-state index is 13.0. The lowest BCUT2D eigenvalue weighted by atomic mass is 10.1. The summed E-state index contributed by atoms with van der Waals surface area (Å²) in [5.41, 5.74) is 2.72. The SMILES string of the molecule is CCC(=O)N1c2ccc(S(=O)(=O)CCC(=O)N3CCN(c4ccc(OC)cc4)CC3)cc2C[C@H]1C. The Kier molecular flexibility index (Phi) is 7.35. The molecule has 0 spiro atoms. The Hall–Kier alpha value is -3.07. The van der Waals surface area contributed by atoms with E-state index in [9.17, 15) is 18.0 Å². The van der Waals surface area contributed by atoms with Crippen LogP contribution in [0.25, 0.3) is 0 Å². The van der Waals surface area contributed by atoms with Crippen molar-refractivity contribution >= 4 is 33.0 Å². The van der Waals surface area contributed by atoms with Crippen molar-refractivity contribution in [1.29, 1.82) is 0 Å². The molecule has 0 unspecified atom stereocenters. The van der Waals surface area contributed by atoms with Crippen LogP contribution < -0.4 is 14.5 Å². The van der Waals surface area contributed by atoms with Crippen molar-refractivity contribution in [1.82, 2.24) is 4.90 Å². The first-order valence-corrected chi connectivity index (χ1v) is 13.7. The first-order valence-electron chi connectivity index (χ1n) is 12.1. The van der Waals surface area contributed by atoms with Gasteiger partial charge in [0.25, 0.3) is 0 Å². The summed E-state index contributed by atoms with van der Waals surface area (Å²) in [6.45, 7) is 6.30. The summed E-state index contributed by atoms with van der Waals surface area (Å²) in [4.78, 5) is 31.0. The van der Waals surface area contributed by atoms with Crippen LogP contribution in [0.4, 0.5) is 11.4 Å². The zero-order chi connectivity index (χ0) is 25.2. The van der Waals surface area contributed by atoms with Crippen LogP contribution >= 0.6 is 0 Å². The number of piperazine rings is 1. The van der Waals surface area contributed by atoms with Gasteiger partial charge in [0.1, 0.15) is 5.75 Å². The van der Waals surface area contributed by atoms with Crippen molar-refractivity contribution in [2.45, 2.75) is 44.0 Å². The van der Waals surface area contributed by atoms with Gasteiger partial charge in [0.05, 0.1) is 17.8 Å². The molecule has 0 saturated carbocycles. The van der Waals surface area contributed by atoms with Crippen LogP contribution in [0.15, 0.2) is 47.4 Å². The number of anilines is 2. The fourth-order valence-corrected chi connectivity index (χ4v) is 6.13. The van der Waals surface area contributed by atoms with Gasteiger partial charge in [-0.3, -0.25) is 9.59 Å². The van der Waals surface area contributed by atoms with Crippen molar-refractivity contribution in [2.24, 2.45) is 0 Å². The van der Waals surface area contributed by atoms with E-state index in [2.05, 4.69) is 4.90 Å². The number of nitrogens with zero attached hydrogens (tertiary/aromatic N) is 3. The van der Waals surface area contributed by atoms with Crippen molar-refractivity contribution in [3.8, 4) is 5.75 Å². The van der Waals surface area contributed by atoms with E-state index in [1.807, 2.05) is 38.1 Å². The monoisotopic (exact) mass is 499 g/mol. The Balaban J connectivity index is 1.33. The quantitative estimate of drug-likeness (QED) is 0.582. The van der Waals surface area contributed by atoms with Crippen molar-refractivity contribution in [3.63, 3.8) is 0 Å². The maximum absolute atomic E-state index is 13.0. The molecule has 2 aliphatic heterocycles. The highest BCUT2D eigenvalue weighted by Crippen LogP contribution is 2.34. The lowest BCUT2D eigenvalue weighted by Gasteiger charge is -2.36. The van der Waals surface area contributed by atoms with E-state index in [0.29, 0.717) is 39.0 Å². The summed E-state index contributed by atoms with van der Waals surface area (Å²) < 4.78 is 31.2. The van der Waals surface area contributed by atoms with E-state index in [-0.39, 0.29) is 34.9 Å². The Morgan fingerprint density at radius 2 is 1.69 bits per heavy atom. The van der Waals surface area contributed by atoms with Crippen molar-refractivity contribution < 1.29 is 22.7 Å². The zero-order valence-electron chi connectivity index (χ0n) is 20.6. The first-order chi connectivity index (χ1) is 16.7. The molecule has 2 aromatic rings. The van der Waals surface area contributed by atoms with Crippen LogP contribution in [0.2, 0.25) is 0 Å². The number of methoxy groups -OCH3 is 1. The number of ether oxygens (including phenoxy) is 1. The molecule has 2 aliphatic rings. The minimum Gasteiger partial charge on any atom is -0.497 e. The highest BCUT2D eigenvalue weighted by atomic mass is 32.2. The van der Waals surface area contributed by atoms with E-state index in [1.54, 1.807) is 35.1 Å². The molecule has 0 radical (unpaired) electrons. The van der Waals surface area contributed by atoms with Gasteiger partial charge in [-0.1, -0.05) is 6.92 Å². The standard InChI is InChI=1S/C26H33N3O5S/c1-4-25(30)29-19(2)17-20-18-23(9-10-24(20)29)35(32,33)16-11-26(31)28-14-12-27(13-15-28)21-5-7-22(34-3)8-6-21/h5-10,18-19H,4,11-17H2,1-3H3/t19-/m1/s1. The van der Waals surface area contributed by atoms with Crippen molar-refractivity contribution in [2.75, 3.05) is 48.8 Å². The van der Waals surface area contributed by atoms with Gasteiger partial charge in [-0.15, -0.1) is 0 Å². The molecular weight excluding hydrogens is 466 g/mol. The summed E-state index contributed by atoms with van der Waals surface area (Å²) in [6, 6.07) is 12.8. The maximum Gasteiger partial charge on any atom is 0.226 e. The minimum absolute atomic E-state index is 0.00793. The fraction of sp³-hybridized carbons (Fsp3) is 0.462. The number of sulfone groups is 1. The third kappa shape index (κ3) is 5.29. The summed E-state index contributed by atoms with van der Waals surface area (Å²) in [6.07, 6.45) is 0.987. The lowest BCUT2D eigenvalue weighted by Crippen LogP contribution is -2.49. The molecule has 2 heterocycles. The predicted octanol–water partition coefficient (Wildman–Crippen LogP) is 2.90. The molecule has 188 valence electrons. The molecule has 4 rings (SSSR count). The Labute approximate surface area is 207 Å². The number of benzene rings is 2. The number of carbonyl (C=O) groups is 2. The third-order valence-electron chi connectivity index (χ3n) is 6.85. The van der Waals surface area contributed by atoms with E-state index in [4.69, 9.17) is 4.74 Å². The van der Waals surface area contributed by atoms with Gasteiger partial charge in [0, 0.05) is 56.4 Å². The van der Waals surface area contributed by atoms with Gasteiger partial charge in [0.2, 0.25) is 11.8 Å². The second-order valence-electron chi connectivity index (χ2n) is 9.10. The number of amides is 2.